The average Bonchev–Trinajstić information content (AvgIpc) is 2.34. The summed E-state index contributed by atoms with van der Waals surface area (Å²) in [5, 5.41) is 12.1. The quantitative estimate of drug-likeness (QED) is 0.723. The number of nitrogens with two attached hydrogens (primary N) is 1. The molecule has 5 heteroatoms. The Hall–Kier alpha value is -0.490. The molecular formula is C13H20BrFN2O. The van der Waals surface area contributed by atoms with E-state index in [2.05, 4.69) is 21.2 Å². The molecule has 2 unspecified atom stereocenters. The number of rotatable bonds is 7. The van der Waals surface area contributed by atoms with Crippen LogP contribution in [0.1, 0.15) is 31.4 Å². The number of aliphatic hydroxyl groups is 1. The zero-order chi connectivity index (χ0) is 13.5. The summed E-state index contributed by atoms with van der Waals surface area (Å²) in [6.45, 7) is 2.52. The molecule has 0 aliphatic heterocycles. The number of hydrogen-bond donors (Lipinski definition) is 3. The first-order valence-corrected chi connectivity index (χ1v) is 6.89. The van der Waals surface area contributed by atoms with Crippen molar-refractivity contribution in [3.05, 3.63) is 34.1 Å². The van der Waals surface area contributed by atoms with Crippen LogP contribution in [0.15, 0.2) is 22.7 Å². The van der Waals surface area contributed by atoms with Gasteiger partial charge in [-0.05, 0) is 31.9 Å². The van der Waals surface area contributed by atoms with Gasteiger partial charge >= 0.3 is 0 Å². The summed E-state index contributed by atoms with van der Waals surface area (Å²) in [6, 6.07) is 4.97. The van der Waals surface area contributed by atoms with Gasteiger partial charge in [-0.15, -0.1) is 0 Å². The highest BCUT2D eigenvalue weighted by molar-refractivity contribution is 9.10. The highest BCUT2D eigenvalue weighted by atomic mass is 79.9. The van der Waals surface area contributed by atoms with E-state index in [1.165, 1.54) is 6.07 Å². The van der Waals surface area contributed by atoms with Crippen LogP contribution in [0.4, 0.5) is 4.39 Å². The second kappa shape index (κ2) is 7.84. The largest absolute Gasteiger partial charge is 0.396 e. The maximum absolute atomic E-state index is 13.8. The summed E-state index contributed by atoms with van der Waals surface area (Å²) in [4.78, 5) is 0. The number of hydrogen-bond acceptors (Lipinski definition) is 3. The Balaban J connectivity index is 2.70. The van der Waals surface area contributed by atoms with E-state index in [0.717, 1.165) is 12.8 Å². The molecule has 4 N–H and O–H groups in total. The van der Waals surface area contributed by atoms with Gasteiger partial charge in [-0.1, -0.05) is 22.0 Å². The van der Waals surface area contributed by atoms with Crippen molar-refractivity contribution < 1.29 is 9.50 Å². The Morgan fingerprint density at radius 2 is 2.22 bits per heavy atom. The summed E-state index contributed by atoms with van der Waals surface area (Å²) in [6.07, 6.45) is 1.57. The van der Waals surface area contributed by atoms with E-state index in [0.29, 0.717) is 16.6 Å². The minimum absolute atomic E-state index is 0.173. The molecule has 0 aliphatic rings. The molecule has 0 spiro atoms. The van der Waals surface area contributed by atoms with Crippen LogP contribution in [0, 0.1) is 5.82 Å². The molecule has 18 heavy (non-hydrogen) atoms. The predicted octanol–water partition coefficient (Wildman–Crippen LogP) is 2.34. The fourth-order valence-corrected chi connectivity index (χ4v) is 2.23. The second-order valence-electron chi connectivity index (χ2n) is 4.39. The smallest absolute Gasteiger partial charge is 0.129 e. The van der Waals surface area contributed by atoms with Crippen LogP contribution in [-0.4, -0.2) is 24.3 Å². The highest BCUT2D eigenvalue weighted by Gasteiger charge is 2.16. The van der Waals surface area contributed by atoms with Crippen molar-refractivity contribution in [3.63, 3.8) is 0 Å². The monoisotopic (exact) mass is 318 g/mol. The van der Waals surface area contributed by atoms with Crippen molar-refractivity contribution in [1.82, 2.24) is 5.32 Å². The minimum atomic E-state index is -0.262. The molecular weight excluding hydrogens is 299 g/mol. The molecule has 0 saturated heterocycles. The van der Waals surface area contributed by atoms with Crippen molar-refractivity contribution >= 4 is 15.9 Å². The third-order valence-electron chi connectivity index (χ3n) is 2.85. The number of nitrogens with one attached hydrogen (secondary N) is 1. The topological polar surface area (TPSA) is 58.3 Å². The summed E-state index contributed by atoms with van der Waals surface area (Å²) in [5.41, 5.74) is 6.28. The van der Waals surface area contributed by atoms with Gasteiger partial charge in [0.05, 0.1) is 0 Å². The lowest BCUT2D eigenvalue weighted by Gasteiger charge is -2.23. The molecule has 0 heterocycles. The molecule has 1 rings (SSSR count). The van der Waals surface area contributed by atoms with Gasteiger partial charge in [-0.25, -0.2) is 4.39 Å². The Kier molecular flexibility index (Phi) is 6.78. The molecule has 0 fully saturated rings. The first kappa shape index (κ1) is 15.6. The van der Waals surface area contributed by atoms with E-state index in [1.54, 1.807) is 12.1 Å². The van der Waals surface area contributed by atoms with E-state index >= 15 is 0 Å². The molecule has 102 valence electrons. The molecule has 0 radical (unpaired) electrons. The normalized spacial score (nSPS) is 14.5. The standard InChI is InChI=1S/C13H20BrFN2O/c1-9(3-2-6-18)17-13(8-16)11-5-4-10(14)7-12(11)15/h4-5,7,9,13,17-18H,2-3,6,8,16H2,1H3. The van der Waals surface area contributed by atoms with Crippen molar-refractivity contribution in [2.45, 2.75) is 31.8 Å². The van der Waals surface area contributed by atoms with Crippen LogP contribution in [0.25, 0.3) is 0 Å². The maximum atomic E-state index is 13.8. The number of halogens is 2. The molecule has 0 amide bonds. The van der Waals surface area contributed by atoms with Gasteiger partial charge in [-0.3, -0.25) is 0 Å². The Morgan fingerprint density at radius 1 is 1.50 bits per heavy atom. The first-order valence-electron chi connectivity index (χ1n) is 6.10. The lowest BCUT2D eigenvalue weighted by atomic mass is 10.0. The van der Waals surface area contributed by atoms with Crippen molar-refractivity contribution in [2.75, 3.05) is 13.2 Å². The fraction of sp³-hybridized carbons (Fsp3) is 0.538. The summed E-state index contributed by atoms with van der Waals surface area (Å²) in [7, 11) is 0. The molecule has 2 atom stereocenters. The van der Waals surface area contributed by atoms with E-state index in [4.69, 9.17) is 10.8 Å². The van der Waals surface area contributed by atoms with Crippen LogP contribution in [0.2, 0.25) is 0 Å². The summed E-state index contributed by atoms with van der Waals surface area (Å²) < 4.78 is 14.5. The number of benzene rings is 1. The second-order valence-corrected chi connectivity index (χ2v) is 5.30. The van der Waals surface area contributed by atoms with Gasteiger partial charge in [0.1, 0.15) is 5.82 Å². The first-order chi connectivity index (χ1) is 8.58. The third-order valence-corrected chi connectivity index (χ3v) is 3.35. The van der Waals surface area contributed by atoms with Gasteiger partial charge in [0.25, 0.3) is 0 Å². The van der Waals surface area contributed by atoms with Crippen LogP contribution >= 0.6 is 15.9 Å². The molecule has 3 nitrogen and oxygen atoms in total. The van der Waals surface area contributed by atoms with Crippen LogP contribution < -0.4 is 11.1 Å². The van der Waals surface area contributed by atoms with Gasteiger partial charge in [0.2, 0.25) is 0 Å². The van der Waals surface area contributed by atoms with Crippen molar-refractivity contribution in [2.24, 2.45) is 5.73 Å². The Labute approximate surface area is 116 Å². The lowest BCUT2D eigenvalue weighted by molar-refractivity contribution is 0.273. The molecule has 1 aromatic rings. The zero-order valence-corrected chi connectivity index (χ0v) is 12.1. The predicted molar refractivity (Wildman–Crippen MR) is 74.8 cm³/mol. The molecule has 0 aliphatic carbocycles. The molecule has 0 aromatic heterocycles. The third kappa shape index (κ3) is 4.65. The van der Waals surface area contributed by atoms with Crippen LogP contribution in [0.3, 0.4) is 0 Å². The van der Waals surface area contributed by atoms with E-state index in [9.17, 15) is 4.39 Å². The SMILES string of the molecule is CC(CCCO)NC(CN)c1ccc(Br)cc1F. The Bertz CT molecular complexity index is 376. The number of aliphatic hydroxyl groups excluding tert-OH is 1. The van der Waals surface area contributed by atoms with Gasteiger partial charge in [-0.2, -0.15) is 0 Å². The summed E-state index contributed by atoms with van der Waals surface area (Å²) in [5.74, 6) is -0.262. The van der Waals surface area contributed by atoms with Crippen molar-refractivity contribution in [1.29, 1.82) is 0 Å². The fourth-order valence-electron chi connectivity index (χ4n) is 1.89. The van der Waals surface area contributed by atoms with E-state index in [1.807, 2.05) is 6.92 Å². The lowest BCUT2D eigenvalue weighted by Crippen LogP contribution is -2.35. The van der Waals surface area contributed by atoms with Crippen LogP contribution in [-0.2, 0) is 0 Å². The zero-order valence-electron chi connectivity index (χ0n) is 10.5. The minimum Gasteiger partial charge on any atom is -0.396 e. The summed E-state index contributed by atoms with van der Waals surface area (Å²) >= 11 is 3.23. The van der Waals surface area contributed by atoms with Crippen molar-refractivity contribution in [3.8, 4) is 0 Å². The molecule has 0 saturated carbocycles. The van der Waals surface area contributed by atoms with Gasteiger partial charge in [0, 0.05) is 35.3 Å². The van der Waals surface area contributed by atoms with E-state index < -0.39 is 0 Å². The molecule has 0 bridgehead atoms. The average molecular weight is 319 g/mol. The Morgan fingerprint density at radius 3 is 2.78 bits per heavy atom. The van der Waals surface area contributed by atoms with E-state index in [-0.39, 0.29) is 24.5 Å². The highest BCUT2D eigenvalue weighted by Crippen LogP contribution is 2.21. The van der Waals surface area contributed by atoms with Gasteiger partial charge < -0.3 is 16.2 Å². The maximum Gasteiger partial charge on any atom is 0.129 e. The molecule has 1 aromatic carbocycles. The van der Waals surface area contributed by atoms with Gasteiger partial charge in [0.15, 0.2) is 0 Å². The van der Waals surface area contributed by atoms with Crippen LogP contribution in [0.5, 0.6) is 0 Å².